The van der Waals surface area contributed by atoms with Crippen molar-refractivity contribution in [3.8, 4) is 11.3 Å². The molecule has 5 nitrogen and oxygen atoms in total. The van der Waals surface area contributed by atoms with Gasteiger partial charge in [0.1, 0.15) is 5.56 Å². The average molecular weight is 347 g/mol. The van der Waals surface area contributed by atoms with E-state index in [0.717, 1.165) is 17.7 Å². The van der Waals surface area contributed by atoms with Gasteiger partial charge < -0.3 is 9.30 Å². The predicted octanol–water partition coefficient (Wildman–Crippen LogP) is 2.91. The smallest absolute Gasteiger partial charge is 0.417 e. The molecule has 0 amide bonds. The number of halogens is 4. The number of alkyl halides is 3. The third kappa shape index (κ3) is 3.37. The fraction of sp³-hybridized carbons (Fsp3) is 0.214. The molecule has 0 N–H and O–H groups in total. The van der Waals surface area contributed by atoms with Crippen LogP contribution in [0, 0.1) is 0 Å². The number of methoxy groups -OCH3 is 1. The van der Waals surface area contributed by atoms with E-state index >= 15 is 0 Å². The van der Waals surface area contributed by atoms with Crippen LogP contribution in [-0.2, 0) is 18.0 Å². The number of nitrogens with zero attached hydrogens (tertiary/aromatic N) is 2. The molecule has 0 saturated heterocycles. The zero-order valence-electron chi connectivity index (χ0n) is 11.9. The van der Waals surface area contributed by atoms with Crippen molar-refractivity contribution < 1.29 is 22.7 Å². The van der Waals surface area contributed by atoms with Gasteiger partial charge in [-0.3, -0.25) is 9.78 Å². The van der Waals surface area contributed by atoms with Crippen molar-refractivity contribution in [1.29, 1.82) is 0 Å². The van der Waals surface area contributed by atoms with Crippen LogP contribution < -0.4 is 5.56 Å². The summed E-state index contributed by atoms with van der Waals surface area (Å²) in [7, 11) is 2.49. The Morgan fingerprint density at radius 1 is 1.35 bits per heavy atom. The third-order valence-electron chi connectivity index (χ3n) is 3.03. The molecule has 0 aliphatic rings. The number of aromatic nitrogens is 2. The summed E-state index contributed by atoms with van der Waals surface area (Å²) >= 11 is 5.86. The van der Waals surface area contributed by atoms with E-state index in [9.17, 15) is 22.8 Å². The summed E-state index contributed by atoms with van der Waals surface area (Å²) in [5, 5.41) is -0.255. The van der Waals surface area contributed by atoms with Gasteiger partial charge in [-0.15, -0.1) is 0 Å². The van der Waals surface area contributed by atoms with Gasteiger partial charge in [-0.2, -0.15) is 13.2 Å². The normalized spacial score (nSPS) is 11.4. The molecule has 0 atom stereocenters. The lowest BCUT2D eigenvalue weighted by Crippen LogP contribution is -2.24. The third-order valence-corrected chi connectivity index (χ3v) is 3.32. The second-order valence-electron chi connectivity index (χ2n) is 4.60. The lowest BCUT2D eigenvalue weighted by Gasteiger charge is -2.11. The fourth-order valence-corrected chi connectivity index (χ4v) is 2.18. The molecular weight excluding hydrogens is 337 g/mol. The number of ether oxygens (including phenoxy) is 1. The average Bonchev–Trinajstić information content (AvgIpc) is 2.48. The number of esters is 1. The maximum atomic E-state index is 12.6. The van der Waals surface area contributed by atoms with Crippen LogP contribution in [0.2, 0.25) is 5.02 Å². The first-order valence-corrected chi connectivity index (χ1v) is 6.55. The van der Waals surface area contributed by atoms with Crippen molar-refractivity contribution in [2.45, 2.75) is 6.18 Å². The summed E-state index contributed by atoms with van der Waals surface area (Å²) in [6.45, 7) is 0. The van der Waals surface area contributed by atoms with Gasteiger partial charge in [-0.25, -0.2) is 4.79 Å². The summed E-state index contributed by atoms with van der Waals surface area (Å²) in [6, 6.07) is 1.91. The van der Waals surface area contributed by atoms with E-state index in [1.54, 1.807) is 0 Å². The molecule has 2 heterocycles. The molecule has 0 saturated carbocycles. The van der Waals surface area contributed by atoms with E-state index in [2.05, 4.69) is 9.72 Å². The zero-order chi connectivity index (χ0) is 17.4. The second-order valence-corrected chi connectivity index (χ2v) is 5.01. The van der Waals surface area contributed by atoms with E-state index in [1.807, 2.05) is 0 Å². The van der Waals surface area contributed by atoms with Crippen LogP contribution in [0.4, 0.5) is 13.2 Å². The number of carbonyl (C=O) groups excluding carboxylic acids is 1. The highest BCUT2D eigenvalue weighted by atomic mass is 35.5. The van der Waals surface area contributed by atoms with Gasteiger partial charge in [0.25, 0.3) is 5.56 Å². The fourth-order valence-electron chi connectivity index (χ4n) is 1.90. The molecule has 0 aliphatic carbocycles. The number of hydrogen-bond acceptors (Lipinski definition) is 4. The minimum Gasteiger partial charge on any atom is -0.465 e. The topological polar surface area (TPSA) is 61.2 Å². The molecule has 2 rings (SSSR count). The van der Waals surface area contributed by atoms with Crippen LogP contribution in [0.15, 0.2) is 29.3 Å². The van der Waals surface area contributed by atoms with E-state index in [-0.39, 0.29) is 21.8 Å². The Labute approximate surface area is 133 Å². The molecular formula is C14H10ClF3N2O3. The minimum absolute atomic E-state index is 0.0143. The van der Waals surface area contributed by atoms with Crippen molar-refractivity contribution in [2.24, 2.45) is 7.05 Å². The minimum atomic E-state index is -4.57. The first-order valence-electron chi connectivity index (χ1n) is 6.17. The Bertz CT molecular complexity index is 831. The lowest BCUT2D eigenvalue weighted by molar-refractivity contribution is -0.137. The highest BCUT2D eigenvalue weighted by molar-refractivity contribution is 6.33. The van der Waals surface area contributed by atoms with Gasteiger partial charge in [0.05, 0.1) is 23.4 Å². The predicted molar refractivity (Wildman–Crippen MR) is 76.3 cm³/mol. The van der Waals surface area contributed by atoms with Gasteiger partial charge in [-0.1, -0.05) is 11.6 Å². The van der Waals surface area contributed by atoms with E-state index in [4.69, 9.17) is 11.6 Å². The summed E-state index contributed by atoms with van der Waals surface area (Å²) in [5.74, 6) is -0.865. The van der Waals surface area contributed by atoms with E-state index in [0.29, 0.717) is 6.20 Å². The lowest BCUT2D eigenvalue weighted by atomic mass is 10.1. The quantitative estimate of drug-likeness (QED) is 0.784. The van der Waals surface area contributed by atoms with Gasteiger partial charge in [0, 0.05) is 25.0 Å². The molecule has 2 aromatic heterocycles. The van der Waals surface area contributed by atoms with Crippen molar-refractivity contribution in [3.05, 3.63) is 51.0 Å². The van der Waals surface area contributed by atoms with Crippen molar-refractivity contribution in [2.75, 3.05) is 7.11 Å². The number of aryl methyl sites for hydroxylation is 1. The first kappa shape index (κ1) is 17.0. The number of pyridine rings is 2. The van der Waals surface area contributed by atoms with Crippen LogP contribution >= 0.6 is 11.6 Å². The molecule has 0 radical (unpaired) electrons. The largest absolute Gasteiger partial charge is 0.465 e. The molecule has 0 fully saturated rings. The Hall–Kier alpha value is -2.35. The molecule has 0 aromatic carbocycles. The molecule has 122 valence electrons. The van der Waals surface area contributed by atoms with Gasteiger partial charge in [-0.05, 0) is 12.1 Å². The highest BCUT2D eigenvalue weighted by Crippen LogP contribution is 2.33. The van der Waals surface area contributed by atoms with Crippen LogP contribution in [-0.4, -0.2) is 22.6 Å². The SMILES string of the molecule is COC(=O)c1cc(-c2ncc(C(F)(F)F)cc2Cl)cn(C)c1=O. The maximum absolute atomic E-state index is 12.6. The molecule has 23 heavy (non-hydrogen) atoms. The molecule has 2 aromatic rings. The standard InChI is InChI=1S/C14H10ClF3N2O3/c1-20-6-7(3-9(12(20)21)13(22)23-2)11-10(15)4-8(5-19-11)14(16,17)18/h3-6H,1-2H3. The Morgan fingerprint density at radius 2 is 2.00 bits per heavy atom. The van der Waals surface area contributed by atoms with E-state index in [1.165, 1.54) is 19.3 Å². The number of carbonyl (C=O) groups is 1. The molecule has 0 aliphatic heterocycles. The van der Waals surface area contributed by atoms with E-state index < -0.39 is 23.3 Å². The molecule has 0 bridgehead atoms. The van der Waals surface area contributed by atoms with Crippen molar-refractivity contribution in [3.63, 3.8) is 0 Å². The van der Waals surface area contributed by atoms with Crippen molar-refractivity contribution in [1.82, 2.24) is 9.55 Å². The molecule has 0 spiro atoms. The first-order chi connectivity index (χ1) is 10.6. The molecule has 0 unspecified atom stereocenters. The summed E-state index contributed by atoms with van der Waals surface area (Å²) in [4.78, 5) is 27.2. The van der Waals surface area contributed by atoms with Crippen LogP contribution in [0.3, 0.4) is 0 Å². The maximum Gasteiger partial charge on any atom is 0.417 e. The van der Waals surface area contributed by atoms with Crippen LogP contribution in [0.5, 0.6) is 0 Å². The van der Waals surface area contributed by atoms with Gasteiger partial charge in [0.15, 0.2) is 0 Å². The zero-order valence-corrected chi connectivity index (χ0v) is 12.7. The van der Waals surface area contributed by atoms with Gasteiger partial charge in [0.2, 0.25) is 0 Å². The van der Waals surface area contributed by atoms with Crippen LogP contribution in [0.1, 0.15) is 15.9 Å². The van der Waals surface area contributed by atoms with Crippen LogP contribution in [0.25, 0.3) is 11.3 Å². The Morgan fingerprint density at radius 3 is 2.52 bits per heavy atom. The second kappa shape index (κ2) is 6.04. The molecule has 9 heteroatoms. The summed E-state index contributed by atoms with van der Waals surface area (Å²) in [5.41, 5.74) is -1.65. The van der Waals surface area contributed by atoms with Crippen molar-refractivity contribution >= 4 is 17.6 Å². The monoisotopic (exact) mass is 346 g/mol. The Kier molecular flexibility index (Phi) is 4.46. The summed E-state index contributed by atoms with van der Waals surface area (Å²) in [6.07, 6.45) is -2.63. The highest BCUT2D eigenvalue weighted by Gasteiger charge is 2.31. The number of hydrogen-bond donors (Lipinski definition) is 0. The Balaban J connectivity index is 2.61. The number of rotatable bonds is 2. The van der Waals surface area contributed by atoms with Gasteiger partial charge >= 0.3 is 12.1 Å². The summed E-state index contributed by atoms with van der Waals surface area (Å²) < 4.78 is 43.5.